The van der Waals surface area contributed by atoms with Crippen molar-refractivity contribution in [1.29, 1.82) is 0 Å². The highest BCUT2D eigenvalue weighted by atomic mass is 79.9. The molecular formula is C8H11BrN2O3. The smallest absolute Gasteiger partial charge is 0.329 e. The lowest BCUT2D eigenvalue weighted by atomic mass is 10.3. The first-order valence-electron chi connectivity index (χ1n) is 4.07. The molecule has 0 amide bonds. The van der Waals surface area contributed by atoms with E-state index in [1.54, 1.807) is 4.68 Å². The lowest BCUT2D eigenvalue weighted by molar-refractivity contribution is -0.142. The Morgan fingerprint density at radius 2 is 2.50 bits per heavy atom. The number of hydrogen-bond acceptors (Lipinski definition) is 3. The van der Waals surface area contributed by atoms with E-state index in [-0.39, 0.29) is 6.61 Å². The Morgan fingerprint density at radius 1 is 1.79 bits per heavy atom. The molecule has 0 aliphatic carbocycles. The Bertz CT molecular complexity index is 324. The van der Waals surface area contributed by atoms with Crippen LogP contribution in [0.5, 0.6) is 0 Å². The number of aromatic nitrogens is 2. The topological polar surface area (TPSA) is 64.4 Å². The standard InChI is InChI=1S/C8H11BrN2O3/c1-11-6(4-7(9)10-11)2-3-14-5-8(12)13/h4H,2-3,5H2,1H3,(H,12,13). The third kappa shape index (κ3) is 3.47. The van der Waals surface area contributed by atoms with Crippen LogP contribution in [0.15, 0.2) is 10.7 Å². The molecule has 0 aliphatic rings. The number of halogens is 1. The van der Waals surface area contributed by atoms with Gasteiger partial charge in [-0.25, -0.2) is 4.79 Å². The van der Waals surface area contributed by atoms with Crippen LogP contribution in [-0.2, 0) is 23.0 Å². The minimum absolute atomic E-state index is 0.251. The second kappa shape index (κ2) is 5.11. The molecule has 0 saturated carbocycles. The van der Waals surface area contributed by atoms with Crippen molar-refractivity contribution in [3.8, 4) is 0 Å². The van der Waals surface area contributed by atoms with E-state index in [0.717, 1.165) is 10.3 Å². The fourth-order valence-corrected chi connectivity index (χ4v) is 1.54. The maximum Gasteiger partial charge on any atom is 0.329 e. The number of rotatable bonds is 5. The molecule has 5 nitrogen and oxygen atoms in total. The number of carboxylic acids is 1. The summed E-state index contributed by atoms with van der Waals surface area (Å²) in [6.07, 6.45) is 0.655. The maximum atomic E-state index is 10.1. The van der Waals surface area contributed by atoms with Crippen LogP contribution in [0.2, 0.25) is 0 Å². The van der Waals surface area contributed by atoms with Crippen LogP contribution in [-0.4, -0.2) is 34.1 Å². The zero-order valence-electron chi connectivity index (χ0n) is 7.73. The maximum absolute atomic E-state index is 10.1. The van der Waals surface area contributed by atoms with Crippen molar-refractivity contribution in [2.75, 3.05) is 13.2 Å². The number of aryl methyl sites for hydroxylation is 1. The summed E-state index contributed by atoms with van der Waals surface area (Å²) in [4.78, 5) is 10.1. The van der Waals surface area contributed by atoms with Crippen molar-refractivity contribution >= 4 is 21.9 Å². The minimum atomic E-state index is -0.948. The lowest BCUT2D eigenvalue weighted by Crippen LogP contribution is -2.10. The Kier molecular flexibility index (Phi) is 4.09. The second-order valence-electron chi connectivity index (χ2n) is 2.78. The van der Waals surface area contributed by atoms with Gasteiger partial charge in [-0.1, -0.05) is 0 Å². The van der Waals surface area contributed by atoms with Gasteiger partial charge in [0.1, 0.15) is 11.2 Å². The third-order valence-corrected chi connectivity index (χ3v) is 2.06. The molecule has 78 valence electrons. The van der Waals surface area contributed by atoms with Crippen LogP contribution in [0.1, 0.15) is 5.69 Å². The molecule has 1 heterocycles. The summed E-state index contributed by atoms with van der Waals surface area (Å²) in [6.45, 7) is 0.136. The van der Waals surface area contributed by atoms with Crippen molar-refractivity contribution in [2.45, 2.75) is 6.42 Å². The van der Waals surface area contributed by atoms with Crippen LogP contribution in [0.25, 0.3) is 0 Å². The number of nitrogens with zero attached hydrogens (tertiary/aromatic N) is 2. The van der Waals surface area contributed by atoms with E-state index in [1.165, 1.54) is 0 Å². The SMILES string of the molecule is Cn1nc(Br)cc1CCOCC(=O)O. The Morgan fingerprint density at radius 3 is 3.00 bits per heavy atom. The van der Waals surface area contributed by atoms with E-state index in [2.05, 4.69) is 21.0 Å². The molecule has 0 atom stereocenters. The molecular weight excluding hydrogens is 252 g/mol. The summed E-state index contributed by atoms with van der Waals surface area (Å²) in [7, 11) is 1.83. The Balaban J connectivity index is 2.31. The van der Waals surface area contributed by atoms with Crippen LogP contribution in [0, 0.1) is 0 Å². The largest absolute Gasteiger partial charge is 0.480 e. The summed E-state index contributed by atoms with van der Waals surface area (Å²) in [5.74, 6) is -0.948. The van der Waals surface area contributed by atoms with Gasteiger partial charge in [-0.15, -0.1) is 0 Å². The molecule has 1 N–H and O–H groups in total. The van der Waals surface area contributed by atoms with E-state index in [0.29, 0.717) is 13.0 Å². The molecule has 0 aliphatic heterocycles. The zero-order valence-corrected chi connectivity index (χ0v) is 9.32. The number of ether oxygens (including phenoxy) is 1. The summed E-state index contributed by atoms with van der Waals surface area (Å²) >= 11 is 3.25. The van der Waals surface area contributed by atoms with Gasteiger partial charge in [0.05, 0.1) is 6.61 Å². The minimum Gasteiger partial charge on any atom is -0.480 e. The number of carboxylic acid groups (broad SMARTS) is 1. The predicted octanol–water partition coefficient (Wildman–Crippen LogP) is 0.826. The molecule has 14 heavy (non-hydrogen) atoms. The van der Waals surface area contributed by atoms with Gasteiger partial charge in [0.25, 0.3) is 0 Å². The van der Waals surface area contributed by atoms with Gasteiger partial charge in [-0.2, -0.15) is 5.10 Å². The summed E-state index contributed by atoms with van der Waals surface area (Å²) < 4.78 is 7.41. The van der Waals surface area contributed by atoms with Gasteiger partial charge >= 0.3 is 5.97 Å². The molecule has 0 spiro atoms. The number of aliphatic carboxylic acids is 1. The van der Waals surface area contributed by atoms with Gasteiger partial charge < -0.3 is 9.84 Å². The fourth-order valence-electron chi connectivity index (χ4n) is 1.04. The number of hydrogen-bond donors (Lipinski definition) is 1. The van der Waals surface area contributed by atoms with E-state index in [9.17, 15) is 4.79 Å². The van der Waals surface area contributed by atoms with Crippen molar-refractivity contribution in [1.82, 2.24) is 9.78 Å². The zero-order chi connectivity index (χ0) is 10.6. The quantitative estimate of drug-likeness (QED) is 0.799. The van der Waals surface area contributed by atoms with Crippen LogP contribution < -0.4 is 0 Å². The van der Waals surface area contributed by atoms with Gasteiger partial charge in [0.15, 0.2) is 0 Å². The lowest BCUT2D eigenvalue weighted by Gasteiger charge is -2.01. The molecule has 0 radical (unpaired) electrons. The summed E-state index contributed by atoms with van der Waals surface area (Å²) in [6, 6.07) is 1.88. The van der Waals surface area contributed by atoms with E-state index < -0.39 is 5.97 Å². The third-order valence-electron chi connectivity index (χ3n) is 1.67. The summed E-state index contributed by atoms with van der Waals surface area (Å²) in [5.41, 5.74) is 1.00. The van der Waals surface area contributed by atoms with Gasteiger partial charge in [-0.05, 0) is 22.0 Å². The van der Waals surface area contributed by atoms with Crippen molar-refractivity contribution in [3.05, 3.63) is 16.4 Å². The summed E-state index contributed by atoms with van der Waals surface area (Å²) in [5, 5.41) is 12.4. The molecule has 0 bridgehead atoms. The van der Waals surface area contributed by atoms with Gasteiger partial charge in [0.2, 0.25) is 0 Å². The Hall–Kier alpha value is -0.880. The van der Waals surface area contributed by atoms with Crippen molar-refractivity contribution in [2.24, 2.45) is 7.05 Å². The predicted molar refractivity (Wildman–Crippen MR) is 53.1 cm³/mol. The van der Waals surface area contributed by atoms with E-state index in [4.69, 9.17) is 9.84 Å². The van der Waals surface area contributed by atoms with Crippen molar-refractivity contribution < 1.29 is 14.6 Å². The average Bonchev–Trinajstić information content (AvgIpc) is 2.39. The molecule has 1 aromatic heterocycles. The van der Waals surface area contributed by atoms with Gasteiger partial charge in [-0.3, -0.25) is 4.68 Å². The molecule has 1 aromatic rings. The fraction of sp³-hybridized carbons (Fsp3) is 0.500. The highest BCUT2D eigenvalue weighted by molar-refractivity contribution is 9.10. The highest BCUT2D eigenvalue weighted by Gasteiger charge is 2.03. The monoisotopic (exact) mass is 262 g/mol. The first-order chi connectivity index (χ1) is 6.59. The molecule has 6 heteroatoms. The highest BCUT2D eigenvalue weighted by Crippen LogP contribution is 2.09. The van der Waals surface area contributed by atoms with E-state index in [1.807, 2.05) is 13.1 Å². The Labute approximate surface area is 89.8 Å². The first kappa shape index (κ1) is 11.2. The van der Waals surface area contributed by atoms with Crippen LogP contribution >= 0.6 is 15.9 Å². The molecule has 0 unspecified atom stereocenters. The second-order valence-corrected chi connectivity index (χ2v) is 3.59. The molecule has 0 saturated heterocycles. The van der Waals surface area contributed by atoms with Crippen molar-refractivity contribution in [3.63, 3.8) is 0 Å². The van der Waals surface area contributed by atoms with Crippen LogP contribution in [0.4, 0.5) is 0 Å². The molecule has 0 aromatic carbocycles. The van der Waals surface area contributed by atoms with Crippen LogP contribution in [0.3, 0.4) is 0 Å². The normalized spacial score (nSPS) is 10.4. The average molecular weight is 263 g/mol. The number of carbonyl (C=O) groups is 1. The molecule has 0 fully saturated rings. The van der Waals surface area contributed by atoms with Gasteiger partial charge in [0, 0.05) is 19.2 Å². The first-order valence-corrected chi connectivity index (χ1v) is 4.87. The molecule has 1 rings (SSSR count). The van der Waals surface area contributed by atoms with E-state index >= 15 is 0 Å².